The second kappa shape index (κ2) is 5.10. The largest absolute Gasteiger partial charge is 0.319 e. The van der Waals surface area contributed by atoms with Gasteiger partial charge in [0, 0.05) is 31.9 Å². The Morgan fingerprint density at radius 3 is 2.82 bits per heavy atom. The molecule has 2 aromatic heterocycles. The van der Waals surface area contributed by atoms with E-state index in [0.29, 0.717) is 0 Å². The molecule has 0 aliphatic rings. The predicted molar refractivity (Wildman–Crippen MR) is 68.8 cm³/mol. The molecule has 17 heavy (non-hydrogen) atoms. The van der Waals surface area contributed by atoms with Crippen molar-refractivity contribution in [3.05, 3.63) is 35.7 Å². The van der Waals surface area contributed by atoms with E-state index in [1.165, 1.54) is 11.3 Å². The summed E-state index contributed by atoms with van der Waals surface area (Å²) in [6.07, 6.45) is 2.79. The summed E-state index contributed by atoms with van der Waals surface area (Å²) in [5, 5.41) is 7.72. The summed E-state index contributed by atoms with van der Waals surface area (Å²) in [6.45, 7) is 3.07. The van der Waals surface area contributed by atoms with Gasteiger partial charge < -0.3 is 5.32 Å². The van der Waals surface area contributed by atoms with Crippen molar-refractivity contribution in [2.45, 2.75) is 13.3 Å². The fourth-order valence-electron chi connectivity index (χ4n) is 2.00. The summed E-state index contributed by atoms with van der Waals surface area (Å²) in [4.78, 5) is 4.35. The first-order valence-corrected chi connectivity index (χ1v) is 5.82. The van der Waals surface area contributed by atoms with Crippen LogP contribution >= 0.6 is 0 Å². The average Bonchev–Trinajstić information content (AvgIpc) is 2.64. The van der Waals surface area contributed by atoms with Gasteiger partial charge in [-0.05, 0) is 31.7 Å². The number of aryl methyl sites for hydroxylation is 1. The maximum atomic E-state index is 4.56. The van der Waals surface area contributed by atoms with Crippen molar-refractivity contribution in [2.75, 3.05) is 13.6 Å². The second-order valence-electron chi connectivity index (χ2n) is 4.11. The molecule has 0 spiro atoms. The summed E-state index contributed by atoms with van der Waals surface area (Å²) >= 11 is 0. The molecule has 0 radical (unpaired) electrons. The van der Waals surface area contributed by atoms with Crippen LogP contribution in [0.3, 0.4) is 0 Å². The van der Waals surface area contributed by atoms with Crippen LogP contribution in [0.25, 0.3) is 11.4 Å². The Hall–Kier alpha value is -1.68. The van der Waals surface area contributed by atoms with Crippen molar-refractivity contribution in [3.63, 3.8) is 0 Å². The molecule has 0 saturated heterocycles. The van der Waals surface area contributed by atoms with E-state index in [1.807, 2.05) is 37.0 Å². The summed E-state index contributed by atoms with van der Waals surface area (Å²) < 4.78 is 1.96. The van der Waals surface area contributed by atoms with Gasteiger partial charge in [0.15, 0.2) is 0 Å². The van der Waals surface area contributed by atoms with E-state index in [2.05, 4.69) is 22.3 Å². The average molecular weight is 230 g/mol. The Bertz CT molecular complexity index is 488. The molecule has 0 amide bonds. The third-order valence-electron chi connectivity index (χ3n) is 2.95. The summed E-state index contributed by atoms with van der Waals surface area (Å²) in [5.74, 6) is 0. The van der Waals surface area contributed by atoms with Crippen LogP contribution in [-0.4, -0.2) is 28.4 Å². The molecule has 0 bridgehead atoms. The lowest BCUT2D eigenvalue weighted by molar-refractivity contribution is 0.680. The molecular formula is C13H18N4. The Labute approximate surface area is 102 Å². The van der Waals surface area contributed by atoms with E-state index < -0.39 is 0 Å². The molecule has 0 aliphatic carbocycles. The van der Waals surface area contributed by atoms with Crippen molar-refractivity contribution in [1.29, 1.82) is 0 Å². The minimum Gasteiger partial charge on any atom is -0.319 e. The number of nitrogens with zero attached hydrogens (tertiary/aromatic N) is 3. The Morgan fingerprint density at radius 2 is 2.18 bits per heavy atom. The molecule has 1 N–H and O–H groups in total. The van der Waals surface area contributed by atoms with Crippen molar-refractivity contribution in [2.24, 2.45) is 7.05 Å². The Balaban J connectivity index is 2.37. The van der Waals surface area contributed by atoms with Crippen molar-refractivity contribution >= 4 is 0 Å². The van der Waals surface area contributed by atoms with Crippen molar-refractivity contribution in [1.82, 2.24) is 20.1 Å². The Morgan fingerprint density at radius 1 is 1.35 bits per heavy atom. The number of rotatable bonds is 4. The van der Waals surface area contributed by atoms with Crippen LogP contribution in [0.5, 0.6) is 0 Å². The highest BCUT2D eigenvalue weighted by Gasteiger charge is 2.13. The van der Waals surface area contributed by atoms with Crippen LogP contribution in [0.15, 0.2) is 24.4 Å². The van der Waals surface area contributed by atoms with Gasteiger partial charge in [0.05, 0.1) is 5.69 Å². The fraction of sp³-hybridized carbons (Fsp3) is 0.385. The van der Waals surface area contributed by atoms with Gasteiger partial charge in [0.1, 0.15) is 5.69 Å². The van der Waals surface area contributed by atoms with E-state index in [4.69, 9.17) is 0 Å². The van der Waals surface area contributed by atoms with Gasteiger partial charge in [0.25, 0.3) is 0 Å². The minimum atomic E-state index is 0.941. The zero-order valence-corrected chi connectivity index (χ0v) is 10.6. The third-order valence-corrected chi connectivity index (χ3v) is 2.95. The van der Waals surface area contributed by atoms with E-state index in [-0.39, 0.29) is 0 Å². The molecular weight excluding hydrogens is 212 g/mol. The van der Waals surface area contributed by atoms with Crippen LogP contribution in [0.2, 0.25) is 0 Å². The lowest BCUT2D eigenvalue weighted by atomic mass is 10.1. The van der Waals surface area contributed by atoms with Gasteiger partial charge in [-0.1, -0.05) is 6.07 Å². The summed E-state index contributed by atoms with van der Waals surface area (Å²) in [6, 6.07) is 5.91. The van der Waals surface area contributed by atoms with Gasteiger partial charge in [-0.25, -0.2) is 0 Å². The highest BCUT2D eigenvalue weighted by Crippen LogP contribution is 2.22. The first-order chi connectivity index (χ1) is 8.24. The summed E-state index contributed by atoms with van der Waals surface area (Å²) in [7, 11) is 3.95. The second-order valence-corrected chi connectivity index (χ2v) is 4.11. The van der Waals surface area contributed by atoms with Gasteiger partial charge in [-0.15, -0.1) is 0 Å². The lowest BCUT2D eigenvalue weighted by Crippen LogP contribution is -2.13. The number of aromatic nitrogens is 3. The van der Waals surface area contributed by atoms with Crippen LogP contribution < -0.4 is 5.32 Å². The van der Waals surface area contributed by atoms with E-state index in [1.54, 1.807) is 6.20 Å². The quantitative estimate of drug-likeness (QED) is 0.866. The third kappa shape index (κ3) is 2.36. The van der Waals surface area contributed by atoms with Crippen LogP contribution in [0, 0.1) is 6.92 Å². The Kier molecular flexibility index (Phi) is 3.54. The maximum absolute atomic E-state index is 4.56. The van der Waals surface area contributed by atoms with E-state index in [9.17, 15) is 0 Å². The zero-order valence-electron chi connectivity index (χ0n) is 10.6. The molecule has 0 aromatic carbocycles. The van der Waals surface area contributed by atoms with E-state index >= 15 is 0 Å². The molecule has 0 saturated carbocycles. The van der Waals surface area contributed by atoms with E-state index in [0.717, 1.165) is 24.4 Å². The maximum Gasteiger partial charge on any atom is 0.114 e. The normalized spacial score (nSPS) is 10.8. The smallest absolute Gasteiger partial charge is 0.114 e. The van der Waals surface area contributed by atoms with Crippen molar-refractivity contribution < 1.29 is 0 Å². The summed E-state index contributed by atoms with van der Waals surface area (Å²) in [5.41, 5.74) is 4.41. The molecule has 0 fully saturated rings. The molecule has 90 valence electrons. The van der Waals surface area contributed by atoms with Gasteiger partial charge >= 0.3 is 0 Å². The molecule has 4 nitrogen and oxygen atoms in total. The van der Waals surface area contributed by atoms with Crippen LogP contribution in [0.4, 0.5) is 0 Å². The standard InChI is InChI=1S/C13H18N4/c1-10-12(7-9-14-2)17(3)16-13(10)11-6-4-5-8-15-11/h4-6,8,14H,7,9H2,1-3H3. The number of hydrogen-bond acceptors (Lipinski definition) is 3. The monoisotopic (exact) mass is 230 g/mol. The number of likely N-dealkylation sites (N-methyl/N-ethyl adjacent to an activating group) is 1. The molecule has 2 heterocycles. The highest BCUT2D eigenvalue weighted by molar-refractivity contribution is 5.59. The first-order valence-electron chi connectivity index (χ1n) is 5.82. The fourth-order valence-corrected chi connectivity index (χ4v) is 2.00. The minimum absolute atomic E-state index is 0.941. The van der Waals surface area contributed by atoms with Gasteiger partial charge in [0.2, 0.25) is 0 Å². The number of pyridine rings is 1. The van der Waals surface area contributed by atoms with Crippen LogP contribution in [0.1, 0.15) is 11.3 Å². The van der Waals surface area contributed by atoms with Gasteiger partial charge in [-0.2, -0.15) is 5.10 Å². The molecule has 0 atom stereocenters. The zero-order chi connectivity index (χ0) is 12.3. The molecule has 0 unspecified atom stereocenters. The predicted octanol–water partition coefficient (Wildman–Crippen LogP) is 1.55. The molecule has 2 aromatic rings. The molecule has 2 rings (SSSR count). The molecule has 4 heteroatoms. The number of hydrogen-bond donors (Lipinski definition) is 1. The molecule has 0 aliphatic heterocycles. The first kappa shape index (κ1) is 11.8. The topological polar surface area (TPSA) is 42.7 Å². The SMILES string of the molecule is CNCCc1c(C)c(-c2ccccn2)nn1C. The van der Waals surface area contributed by atoms with Crippen LogP contribution in [-0.2, 0) is 13.5 Å². The highest BCUT2D eigenvalue weighted by atomic mass is 15.3. The van der Waals surface area contributed by atoms with Crippen molar-refractivity contribution in [3.8, 4) is 11.4 Å². The van der Waals surface area contributed by atoms with Gasteiger partial charge in [-0.3, -0.25) is 9.67 Å². The lowest BCUT2D eigenvalue weighted by Gasteiger charge is -2.02. The number of nitrogens with one attached hydrogen (secondary N) is 1.